The molecule has 1 atom stereocenters. The number of H-pyrrole nitrogens is 2. The molecular formula is C23H23N5O3. The highest BCUT2D eigenvalue weighted by molar-refractivity contribution is 5.98. The molecule has 1 fully saturated rings. The highest BCUT2D eigenvalue weighted by atomic mass is 16.5. The molecule has 1 aliphatic heterocycles. The Labute approximate surface area is 179 Å². The fourth-order valence-electron chi connectivity index (χ4n) is 4.01. The first-order chi connectivity index (χ1) is 15.1. The molecule has 0 aliphatic carbocycles. The van der Waals surface area contributed by atoms with Gasteiger partial charge in [0, 0.05) is 23.2 Å². The predicted octanol–water partition coefficient (Wildman–Crippen LogP) is 3.48. The molecule has 3 aromatic heterocycles. The van der Waals surface area contributed by atoms with Crippen molar-refractivity contribution >= 4 is 16.9 Å². The van der Waals surface area contributed by atoms with Gasteiger partial charge in [-0.15, -0.1) is 0 Å². The second-order valence-corrected chi connectivity index (χ2v) is 7.59. The van der Waals surface area contributed by atoms with Crippen molar-refractivity contribution in [2.24, 2.45) is 0 Å². The van der Waals surface area contributed by atoms with Gasteiger partial charge in [0.15, 0.2) is 0 Å². The van der Waals surface area contributed by atoms with E-state index in [-0.39, 0.29) is 11.9 Å². The first kappa shape index (κ1) is 19.3. The highest BCUT2D eigenvalue weighted by Crippen LogP contribution is 2.29. The summed E-state index contributed by atoms with van der Waals surface area (Å²) in [5.74, 6) is 0.683. The van der Waals surface area contributed by atoms with Crippen molar-refractivity contribution in [3.05, 3.63) is 65.6 Å². The number of carbonyl (C=O) groups is 1. The van der Waals surface area contributed by atoms with Gasteiger partial charge in [-0.1, -0.05) is 12.1 Å². The number of carbonyl (C=O) groups excluding carboxylic acids is 1. The largest absolute Gasteiger partial charge is 0.497 e. The predicted molar refractivity (Wildman–Crippen MR) is 116 cm³/mol. The number of aromatic amines is 2. The first-order valence-corrected chi connectivity index (χ1v) is 10.2. The molecule has 158 valence electrons. The molecule has 2 N–H and O–H groups in total. The van der Waals surface area contributed by atoms with E-state index in [1.165, 1.54) is 0 Å². The molecule has 0 bridgehead atoms. The molecule has 0 spiro atoms. The van der Waals surface area contributed by atoms with Gasteiger partial charge in [0.25, 0.3) is 5.91 Å². The van der Waals surface area contributed by atoms with Gasteiger partial charge in [-0.3, -0.25) is 9.89 Å². The molecule has 5 rings (SSSR count). The number of nitrogens with one attached hydrogen (secondary N) is 2. The van der Waals surface area contributed by atoms with Crippen LogP contribution in [0.4, 0.5) is 0 Å². The molecular weight excluding hydrogens is 394 g/mol. The Morgan fingerprint density at radius 2 is 2.16 bits per heavy atom. The second kappa shape index (κ2) is 7.88. The van der Waals surface area contributed by atoms with E-state index >= 15 is 0 Å². The van der Waals surface area contributed by atoms with Gasteiger partial charge >= 0.3 is 0 Å². The number of fused-ring (bicyclic) bond motifs is 1. The van der Waals surface area contributed by atoms with E-state index in [9.17, 15) is 4.79 Å². The monoisotopic (exact) mass is 417 g/mol. The maximum atomic E-state index is 13.4. The summed E-state index contributed by atoms with van der Waals surface area (Å²) < 4.78 is 11.0. The van der Waals surface area contributed by atoms with E-state index < -0.39 is 0 Å². The van der Waals surface area contributed by atoms with E-state index in [0.717, 1.165) is 33.7 Å². The minimum atomic E-state index is -0.181. The van der Waals surface area contributed by atoms with Crippen molar-refractivity contribution < 1.29 is 14.3 Å². The summed E-state index contributed by atoms with van der Waals surface area (Å²) in [7, 11) is 1.64. The molecule has 8 heteroatoms. The van der Waals surface area contributed by atoms with Crippen molar-refractivity contribution in [3.8, 4) is 17.0 Å². The van der Waals surface area contributed by atoms with Gasteiger partial charge in [0.2, 0.25) is 0 Å². The van der Waals surface area contributed by atoms with Crippen LogP contribution in [-0.4, -0.2) is 57.8 Å². The molecule has 31 heavy (non-hydrogen) atoms. The lowest BCUT2D eigenvalue weighted by molar-refractivity contribution is -0.00300. The van der Waals surface area contributed by atoms with E-state index in [0.29, 0.717) is 31.1 Å². The van der Waals surface area contributed by atoms with Gasteiger partial charge in [-0.25, -0.2) is 4.98 Å². The van der Waals surface area contributed by atoms with E-state index in [1.54, 1.807) is 13.3 Å². The maximum absolute atomic E-state index is 13.4. The Hall–Kier alpha value is -3.65. The third-order valence-corrected chi connectivity index (χ3v) is 5.68. The van der Waals surface area contributed by atoms with Crippen LogP contribution in [0.3, 0.4) is 0 Å². The van der Waals surface area contributed by atoms with Crippen molar-refractivity contribution in [1.82, 2.24) is 25.1 Å². The molecule has 4 heterocycles. The summed E-state index contributed by atoms with van der Waals surface area (Å²) in [4.78, 5) is 23.2. The van der Waals surface area contributed by atoms with Gasteiger partial charge in [0.05, 0.1) is 38.3 Å². The van der Waals surface area contributed by atoms with E-state index in [2.05, 4.69) is 15.2 Å². The Kier molecular flexibility index (Phi) is 4.91. The summed E-state index contributed by atoms with van der Waals surface area (Å²) in [5.41, 5.74) is 4.87. The molecule has 0 saturated carbocycles. The Bertz CT molecular complexity index is 1240. The molecule has 1 aromatic carbocycles. The quantitative estimate of drug-likeness (QED) is 0.530. The fraction of sp³-hybridized carbons (Fsp3) is 0.261. The number of nitrogens with zero attached hydrogens (tertiary/aromatic N) is 3. The second-order valence-electron chi connectivity index (χ2n) is 7.59. The maximum Gasteiger partial charge on any atom is 0.271 e. The highest BCUT2D eigenvalue weighted by Gasteiger charge is 2.30. The number of ether oxygens (including phenoxy) is 2. The average Bonchev–Trinajstić information content (AvgIpc) is 3.44. The number of benzene rings is 1. The molecule has 1 unspecified atom stereocenters. The fourth-order valence-corrected chi connectivity index (χ4v) is 4.01. The van der Waals surface area contributed by atoms with Gasteiger partial charge in [0.1, 0.15) is 17.1 Å². The van der Waals surface area contributed by atoms with Crippen molar-refractivity contribution in [2.45, 2.75) is 13.0 Å². The average molecular weight is 417 g/mol. The SMILES string of the molecule is COc1cccc(C2COCCN2C(=O)c2cc3ccc(-c4cn[nH]c4C)nc3[nH]2)c1. The van der Waals surface area contributed by atoms with E-state index in [1.807, 2.05) is 54.3 Å². The lowest BCUT2D eigenvalue weighted by Gasteiger charge is -2.35. The van der Waals surface area contributed by atoms with Crippen LogP contribution in [0.1, 0.15) is 27.8 Å². The number of rotatable bonds is 4. The third-order valence-electron chi connectivity index (χ3n) is 5.68. The number of pyridine rings is 1. The third kappa shape index (κ3) is 3.55. The standard InChI is InChI=1S/C23H23N5O3/c1-14-18(12-24-27-14)19-7-6-16-11-20(26-22(16)25-19)23(29)28-8-9-31-13-21(28)15-4-3-5-17(10-15)30-2/h3-7,10-12,21H,8-9,13H2,1-2H3,(H,24,27)(H,25,26). The molecule has 1 saturated heterocycles. The summed E-state index contributed by atoms with van der Waals surface area (Å²) in [6.07, 6.45) is 1.75. The zero-order valence-corrected chi connectivity index (χ0v) is 17.4. The van der Waals surface area contributed by atoms with Gasteiger partial charge in [-0.05, 0) is 42.8 Å². The lowest BCUT2D eigenvalue weighted by Crippen LogP contribution is -2.43. The number of aryl methyl sites for hydroxylation is 1. The van der Waals surface area contributed by atoms with Crippen LogP contribution in [0.15, 0.2) is 48.7 Å². The summed E-state index contributed by atoms with van der Waals surface area (Å²) in [6, 6.07) is 13.3. The Balaban J connectivity index is 1.47. The smallest absolute Gasteiger partial charge is 0.271 e. The van der Waals surface area contributed by atoms with Crippen LogP contribution < -0.4 is 4.74 Å². The first-order valence-electron chi connectivity index (χ1n) is 10.2. The minimum absolute atomic E-state index is 0.0739. The zero-order chi connectivity index (χ0) is 21.4. The van der Waals surface area contributed by atoms with Crippen molar-refractivity contribution in [3.63, 3.8) is 0 Å². The number of aromatic nitrogens is 4. The summed E-state index contributed by atoms with van der Waals surface area (Å²) in [5, 5.41) is 7.88. The van der Waals surface area contributed by atoms with Gasteiger partial charge in [-0.2, -0.15) is 5.10 Å². The van der Waals surface area contributed by atoms with Gasteiger partial charge < -0.3 is 19.4 Å². The molecule has 1 amide bonds. The molecule has 0 radical (unpaired) electrons. The van der Waals surface area contributed by atoms with Crippen molar-refractivity contribution in [2.75, 3.05) is 26.9 Å². The lowest BCUT2D eigenvalue weighted by atomic mass is 10.0. The minimum Gasteiger partial charge on any atom is -0.497 e. The van der Waals surface area contributed by atoms with Crippen LogP contribution in [0.2, 0.25) is 0 Å². The number of morpholine rings is 1. The Morgan fingerprint density at radius 1 is 1.26 bits per heavy atom. The summed E-state index contributed by atoms with van der Waals surface area (Å²) >= 11 is 0. The van der Waals surface area contributed by atoms with Crippen LogP contribution in [0.25, 0.3) is 22.3 Å². The van der Waals surface area contributed by atoms with Crippen LogP contribution >= 0.6 is 0 Å². The van der Waals surface area contributed by atoms with E-state index in [4.69, 9.17) is 14.5 Å². The van der Waals surface area contributed by atoms with Crippen LogP contribution in [0.5, 0.6) is 5.75 Å². The number of amides is 1. The molecule has 8 nitrogen and oxygen atoms in total. The topological polar surface area (TPSA) is 96.1 Å². The summed E-state index contributed by atoms with van der Waals surface area (Å²) in [6.45, 7) is 3.42. The zero-order valence-electron chi connectivity index (χ0n) is 17.4. The Morgan fingerprint density at radius 3 is 2.97 bits per heavy atom. The normalized spacial score (nSPS) is 16.6. The number of hydrogen-bond acceptors (Lipinski definition) is 5. The number of methoxy groups -OCH3 is 1. The molecule has 4 aromatic rings. The van der Waals surface area contributed by atoms with Crippen LogP contribution in [0, 0.1) is 6.92 Å². The van der Waals surface area contributed by atoms with Crippen LogP contribution in [-0.2, 0) is 4.74 Å². The van der Waals surface area contributed by atoms with Crippen molar-refractivity contribution in [1.29, 1.82) is 0 Å². The molecule has 1 aliphatic rings. The number of hydrogen-bond donors (Lipinski definition) is 2.